The molecular formula is C22H31NO2. The van der Waals surface area contributed by atoms with E-state index < -0.39 is 0 Å². The SMILES string of the molecule is CCOCCOc1ccc(CNCc2ccc(C(C)(C)C)cc2)cc1. The summed E-state index contributed by atoms with van der Waals surface area (Å²) in [5.41, 5.74) is 4.14. The summed E-state index contributed by atoms with van der Waals surface area (Å²) >= 11 is 0. The van der Waals surface area contributed by atoms with Crippen molar-refractivity contribution in [3.05, 3.63) is 65.2 Å². The molecule has 2 aromatic rings. The van der Waals surface area contributed by atoms with E-state index in [2.05, 4.69) is 62.5 Å². The average Bonchev–Trinajstić information content (AvgIpc) is 2.60. The van der Waals surface area contributed by atoms with E-state index in [0.717, 1.165) is 25.4 Å². The predicted molar refractivity (Wildman–Crippen MR) is 104 cm³/mol. The molecule has 0 bridgehead atoms. The van der Waals surface area contributed by atoms with Crippen molar-refractivity contribution in [3.8, 4) is 5.75 Å². The van der Waals surface area contributed by atoms with Crippen molar-refractivity contribution in [2.45, 2.75) is 46.2 Å². The van der Waals surface area contributed by atoms with Crippen LogP contribution in [0.3, 0.4) is 0 Å². The first-order valence-electron chi connectivity index (χ1n) is 9.08. The minimum Gasteiger partial charge on any atom is -0.491 e. The summed E-state index contributed by atoms with van der Waals surface area (Å²) in [6, 6.07) is 17.1. The Morgan fingerprint density at radius 2 is 1.36 bits per heavy atom. The predicted octanol–water partition coefficient (Wildman–Crippen LogP) is 4.69. The normalized spacial score (nSPS) is 11.5. The topological polar surface area (TPSA) is 30.5 Å². The van der Waals surface area contributed by atoms with E-state index in [-0.39, 0.29) is 5.41 Å². The molecule has 2 rings (SSSR count). The van der Waals surface area contributed by atoms with Crippen LogP contribution in [0.5, 0.6) is 5.75 Å². The molecule has 0 fully saturated rings. The van der Waals surface area contributed by atoms with Crippen LogP contribution in [0.1, 0.15) is 44.4 Å². The fourth-order valence-electron chi connectivity index (χ4n) is 2.54. The molecule has 0 aromatic heterocycles. The van der Waals surface area contributed by atoms with Gasteiger partial charge in [-0.1, -0.05) is 57.2 Å². The molecular weight excluding hydrogens is 310 g/mol. The molecule has 136 valence electrons. The Kier molecular flexibility index (Phi) is 7.48. The highest BCUT2D eigenvalue weighted by molar-refractivity contribution is 5.28. The quantitative estimate of drug-likeness (QED) is 0.671. The van der Waals surface area contributed by atoms with E-state index in [9.17, 15) is 0 Å². The third-order valence-electron chi connectivity index (χ3n) is 4.10. The molecule has 0 radical (unpaired) electrons. The van der Waals surface area contributed by atoms with Gasteiger partial charge in [-0.25, -0.2) is 0 Å². The number of rotatable bonds is 9. The standard InChI is InChI=1S/C22H31NO2/c1-5-24-14-15-25-21-12-8-19(9-13-21)17-23-16-18-6-10-20(11-7-18)22(2,3)4/h6-13,23H,5,14-17H2,1-4H3. The third kappa shape index (κ3) is 6.89. The van der Waals surface area contributed by atoms with Crippen LogP contribution >= 0.6 is 0 Å². The molecule has 3 heteroatoms. The Morgan fingerprint density at radius 3 is 1.88 bits per heavy atom. The van der Waals surface area contributed by atoms with Gasteiger partial charge in [-0.2, -0.15) is 0 Å². The molecule has 0 aliphatic rings. The Labute approximate surface area is 152 Å². The van der Waals surface area contributed by atoms with Crippen molar-refractivity contribution in [1.82, 2.24) is 5.32 Å². The van der Waals surface area contributed by atoms with Gasteiger partial charge in [-0.15, -0.1) is 0 Å². The first-order valence-corrected chi connectivity index (χ1v) is 9.08. The molecule has 0 saturated heterocycles. The molecule has 2 aromatic carbocycles. The fourth-order valence-corrected chi connectivity index (χ4v) is 2.54. The van der Waals surface area contributed by atoms with Crippen LogP contribution in [0.25, 0.3) is 0 Å². The summed E-state index contributed by atoms with van der Waals surface area (Å²) < 4.78 is 10.9. The zero-order valence-electron chi connectivity index (χ0n) is 16.0. The van der Waals surface area contributed by atoms with Gasteiger partial charge in [-0.3, -0.25) is 0 Å². The molecule has 0 atom stereocenters. The van der Waals surface area contributed by atoms with Crippen molar-refractivity contribution in [1.29, 1.82) is 0 Å². The van der Waals surface area contributed by atoms with E-state index in [4.69, 9.17) is 9.47 Å². The van der Waals surface area contributed by atoms with Crippen LogP contribution in [-0.2, 0) is 23.2 Å². The Bertz CT molecular complexity index is 612. The van der Waals surface area contributed by atoms with Gasteiger partial charge in [0.25, 0.3) is 0 Å². The first-order chi connectivity index (χ1) is 12.0. The number of hydrogen-bond acceptors (Lipinski definition) is 3. The molecule has 3 nitrogen and oxygen atoms in total. The maximum absolute atomic E-state index is 5.63. The van der Waals surface area contributed by atoms with Gasteiger partial charge in [0.2, 0.25) is 0 Å². The third-order valence-corrected chi connectivity index (χ3v) is 4.10. The van der Waals surface area contributed by atoms with E-state index in [1.807, 2.05) is 19.1 Å². The number of ether oxygens (including phenoxy) is 2. The summed E-state index contributed by atoms with van der Waals surface area (Å²) in [7, 11) is 0. The summed E-state index contributed by atoms with van der Waals surface area (Å²) in [6.45, 7) is 12.4. The minimum absolute atomic E-state index is 0.207. The highest BCUT2D eigenvalue weighted by atomic mass is 16.5. The van der Waals surface area contributed by atoms with E-state index in [1.165, 1.54) is 16.7 Å². The molecule has 0 saturated carbocycles. The van der Waals surface area contributed by atoms with Gasteiger partial charge in [0.15, 0.2) is 0 Å². The molecule has 0 heterocycles. The molecule has 0 unspecified atom stereocenters. The Hall–Kier alpha value is -1.84. The van der Waals surface area contributed by atoms with Gasteiger partial charge in [0.1, 0.15) is 12.4 Å². The van der Waals surface area contributed by atoms with E-state index in [1.54, 1.807) is 0 Å². The number of hydrogen-bond donors (Lipinski definition) is 1. The lowest BCUT2D eigenvalue weighted by molar-refractivity contribution is 0.110. The summed E-state index contributed by atoms with van der Waals surface area (Å²) in [4.78, 5) is 0. The highest BCUT2D eigenvalue weighted by Crippen LogP contribution is 2.22. The lowest BCUT2D eigenvalue weighted by atomic mass is 9.87. The van der Waals surface area contributed by atoms with Crippen LogP contribution in [-0.4, -0.2) is 19.8 Å². The van der Waals surface area contributed by atoms with Crippen molar-refractivity contribution in [2.24, 2.45) is 0 Å². The molecule has 25 heavy (non-hydrogen) atoms. The lowest BCUT2D eigenvalue weighted by Gasteiger charge is -2.19. The van der Waals surface area contributed by atoms with Gasteiger partial charge < -0.3 is 14.8 Å². The Balaban J connectivity index is 1.74. The van der Waals surface area contributed by atoms with Gasteiger partial charge in [-0.05, 0) is 41.2 Å². The van der Waals surface area contributed by atoms with E-state index in [0.29, 0.717) is 13.2 Å². The monoisotopic (exact) mass is 341 g/mol. The summed E-state index contributed by atoms with van der Waals surface area (Å²) in [5, 5.41) is 3.49. The lowest BCUT2D eigenvalue weighted by Crippen LogP contribution is -2.14. The van der Waals surface area contributed by atoms with Crippen molar-refractivity contribution in [2.75, 3.05) is 19.8 Å². The second-order valence-electron chi connectivity index (χ2n) is 7.24. The maximum Gasteiger partial charge on any atom is 0.119 e. The Morgan fingerprint density at radius 1 is 0.800 bits per heavy atom. The van der Waals surface area contributed by atoms with Crippen molar-refractivity contribution >= 4 is 0 Å². The van der Waals surface area contributed by atoms with Crippen LogP contribution in [0, 0.1) is 0 Å². The van der Waals surface area contributed by atoms with Crippen molar-refractivity contribution in [3.63, 3.8) is 0 Å². The zero-order chi connectivity index (χ0) is 18.1. The molecule has 1 N–H and O–H groups in total. The van der Waals surface area contributed by atoms with Crippen LogP contribution in [0.2, 0.25) is 0 Å². The van der Waals surface area contributed by atoms with Gasteiger partial charge >= 0.3 is 0 Å². The average molecular weight is 341 g/mol. The molecule has 0 amide bonds. The smallest absolute Gasteiger partial charge is 0.119 e. The summed E-state index contributed by atoms with van der Waals surface area (Å²) in [5.74, 6) is 0.890. The molecule has 0 aliphatic heterocycles. The second-order valence-corrected chi connectivity index (χ2v) is 7.24. The first kappa shape index (κ1) is 19.5. The maximum atomic E-state index is 5.63. The van der Waals surface area contributed by atoms with Crippen LogP contribution < -0.4 is 10.1 Å². The van der Waals surface area contributed by atoms with Gasteiger partial charge in [0.05, 0.1) is 6.61 Å². The number of nitrogens with one attached hydrogen (secondary N) is 1. The second kappa shape index (κ2) is 9.59. The molecule has 0 aliphatic carbocycles. The zero-order valence-corrected chi connectivity index (χ0v) is 16.0. The van der Waals surface area contributed by atoms with Crippen LogP contribution in [0.15, 0.2) is 48.5 Å². The minimum atomic E-state index is 0.207. The summed E-state index contributed by atoms with van der Waals surface area (Å²) in [6.07, 6.45) is 0. The van der Waals surface area contributed by atoms with Crippen molar-refractivity contribution < 1.29 is 9.47 Å². The van der Waals surface area contributed by atoms with Crippen LogP contribution in [0.4, 0.5) is 0 Å². The fraction of sp³-hybridized carbons (Fsp3) is 0.455. The largest absolute Gasteiger partial charge is 0.491 e. The van der Waals surface area contributed by atoms with Gasteiger partial charge in [0, 0.05) is 19.7 Å². The number of benzene rings is 2. The van der Waals surface area contributed by atoms with E-state index >= 15 is 0 Å². The highest BCUT2D eigenvalue weighted by Gasteiger charge is 2.12. The molecule has 0 spiro atoms.